The van der Waals surface area contributed by atoms with E-state index in [1.54, 1.807) is 0 Å². The Hall–Kier alpha value is -2.50. The van der Waals surface area contributed by atoms with Gasteiger partial charge in [0.15, 0.2) is 0 Å². The lowest BCUT2D eigenvalue weighted by atomic mass is 9.96. The number of aliphatic hydroxyl groups excluding tert-OH is 1. The maximum absolute atomic E-state index is 13.1. The molecule has 5 heteroatoms. The lowest BCUT2D eigenvalue weighted by molar-refractivity contribution is -0.118. The molecule has 1 atom stereocenters. The van der Waals surface area contributed by atoms with E-state index in [2.05, 4.69) is 17.0 Å². The van der Waals surface area contributed by atoms with Crippen molar-refractivity contribution in [1.29, 1.82) is 0 Å². The number of hydrogen-bond acceptors (Lipinski definition) is 3. The molecule has 0 radical (unpaired) electrons. The molecule has 1 N–H and O–H groups in total. The maximum Gasteiger partial charge on any atom is 0.226 e. The second-order valence-electron chi connectivity index (χ2n) is 8.15. The number of nitrogens with zero attached hydrogens (tertiary/aromatic N) is 2. The van der Waals surface area contributed by atoms with Crippen LogP contribution in [0.25, 0.3) is 5.57 Å². The molecule has 2 aromatic rings. The lowest BCUT2D eigenvalue weighted by Gasteiger charge is -2.31. The van der Waals surface area contributed by atoms with Crippen LogP contribution in [0.2, 0.25) is 0 Å². The standard InChI is InChI=1S/C25H29FN2O2/c1-2-25(30)28-13-3-4-20-16-21(7-10-23(20)28)24(29)17-27-14-11-19(12-15-27)18-5-8-22(26)9-6-18/h5-11,16,24,29H,2-4,12-15,17H2,1H3. The number of amides is 1. The number of carbonyl (C=O) groups is 1. The van der Waals surface area contributed by atoms with Gasteiger partial charge in [0.25, 0.3) is 0 Å². The van der Waals surface area contributed by atoms with Crippen molar-refractivity contribution in [2.24, 2.45) is 0 Å². The van der Waals surface area contributed by atoms with Gasteiger partial charge >= 0.3 is 0 Å². The highest BCUT2D eigenvalue weighted by atomic mass is 19.1. The van der Waals surface area contributed by atoms with Crippen molar-refractivity contribution >= 4 is 17.2 Å². The van der Waals surface area contributed by atoms with Gasteiger partial charge in [-0.05, 0) is 59.7 Å². The Kier molecular flexibility index (Phi) is 6.30. The molecule has 0 aliphatic carbocycles. The number of carbonyl (C=O) groups excluding carboxylic acids is 1. The van der Waals surface area contributed by atoms with Crippen molar-refractivity contribution in [3.05, 3.63) is 71.0 Å². The van der Waals surface area contributed by atoms with Gasteiger partial charge in [-0.25, -0.2) is 4.39 Å². The maximum atomic E-state index is 13.1. The molecular formula is C25H29FN2O2. The Morgan fingerprint density at radius 3 is 2.63 bits per heavy atom. The van der Waals surface area contributed by atoms with E-state index in [-0.39, 0.29) is 11.7 Å². The van der Waals surface area contributed by atoms with Gasteiger partial charge in [-0.3, -0.25) is 9.69 Å². The first-order chi connectivity index (χ1) is 14.5. The number of benzene rings is 2. The Morgan fingerprint density at radius 1 is 1.13 bits per heavy atom. The average molecular weight is 409 g/mol. The van der Waals surface area contributed by atoms with Gasteiger partial charge in [-0.2, -0.15) is 0 Å². The molecule has 0 saturated carbocycles. The normalized spacial score (nSPS) is 18.0. The van der Waals surface area contributed by atoms with E-state index in [0.29, 0.717) is 13.0 Å². The summed E-state index contributed by atoms with van der Waals surface area (Å²) in [6.07, 6.45) is 4.90. The van der Waals surface area contributed by atoms with E-state index in [1.165, 1.54) is 17.7 Å². The highest BCUT2D eigenvalue weighted by Crippen LogP contribution is 2.31. The summed E-state index contributed by atoms with van der Waals surface area (Å²) in [7, 11) is 0. The van der Waals surface area contributed by atoms with Crippen LogP contribution in [-0.4, -0.2) is 42.1 Å². The molecule has 2 aromatic carbocycles. The summed E-state index contributed by atoms with van der Waals surface area (Å²) in [6, 6.07) is 12.7. The summed E-state index contributed by atoms with van der Waals surface area (Å²) >= 11 is 0. The van der Waals surface area contributed by atoms with Crippen LogP contribution in [0.3, 0.4) is 0 Å². The SMILES string of the molecule is CCC(=O)N1CCCc2cc(C(O)CN3CC=C(c4ccc(F)cc4)CC3)ccc21. The number of hydrogen-bond donors (Lipinski definition) is 1. The summed E-state index contributed by atoms with van der Waals surface area (Å²) in [4.78, 5) is 16.3. The summed E-state index contributed by atoms with van der Waals surface area (Å²) in [6.45, 7) is 4.88. The first-order valence-corrected chi connectivity index (χ1v) is 10.8. The van der Waals surface area contributed by atoms with Crippen LogP contribution in [0.1, 0.15) is 49.0 Å². The van der Waals surface area contributed by atoms with Crippen molar-refractivity contribution in [3.63, 3.8) is 0 Å². The van der Waals surface area contributed by atoms with E-state index >= 15 is 0 Å². The van der Waals surface area contributed by atoms with E-state index in [4.69, 9.17) is 0 Å². The van der Waals surface area contributed by atoms with Gasteiger partial charge in [0.05, 0.1) is 6.10 Å². The smallest absolute Gasteiger partial charge is 0.226 e. The van der Waals surface area contributed by atoms with Crippen molar-refractivity contribution in [2.75, 3.05) is 31.1 Å². The minimum Gasteiger partial charge on any atom is -0.387 e. The van der Waals surface area contributed by atoms with Crippen LogP contribution in [0.5, 0.6) is 0 Å². The quantitative estimate of drug-likeness (QED) is 0.801. The zero-order valence-electron chi connectivity index (χ0n) is 17.5. The number of anilines is 1. The predicted octanol–water partition coefficient (Wildman–Crippen LogP) is 4.34. The van der Waals surface area contributed by atoms with E-state index in [9.17, 15) is 14.3 Å². The van der Waals surface area contributed by atoms with E-state index in [1.807, 2.05) is 36.1 Å². The number of fused-ring (bicyclic) bond motifs is 1. The van der Waals surface area contributed by atoms with E-state index < -0.39 is 6.10 Å². The molecule has 2 aliphatic rings. The third-order valence-corrected chi connectivity index (χ3v) is 6.15. The topological polar surface area (TPSA) is 43.8 Å². The van der Waals surface area contributed by atoms with Crippen LogP contribution in [0.4, 0.5) is 10.1 Å². The summed E-state index contributed by atoms with van der Waals surface area (Å²) in [5.41, 5.74) is 5.35. The zero-order valence-corrected chi connectivity index (χ0v) is 17.5. The number of β-amino-alcohol motifs (C(OH)–C–C–N with tert-alkyl or cyclic N) is 1. The van der Waals surface area contributed by atoms with Gasteiger partial charge in [-0.15, -0.1) is 0 Å². The van der Waals surface area contributed by atoms with Gasteiger partial charge in [0, 0.05) is 38.3 Å². The first-order valence-electron chi connectivity index (χ1n) is 10.8. The molecule has 4 rings (SSSR count). The van der Waals surface area contributed by atoms with Crippen molar-refractivity contribution in [1.82, 2.24) is 4.90 Å². The Morgan fingerprint density at radius 2 is 1.93 bits per heavy atom. The third-order valence-electron chi connectivity index (χ3n) is 6.15. The minimum absolute atomic E-state index is 0.154. The second-order valence-corrected chi connectivity index (χ2v) is 8.15. The zero-order chi connectivity index (χ0) is 21.1. The minimum atomic E-state index is -0.562. The fourth-order valence-corrected chi connectivity index (χ4v) is 4.43. The molecule has 2 aliphatic heterocycles. The molecule has 0 aromatic heterocycles. The first kappa shape index (κ1) is 20.8. The van der Waals surface area contributed by atoms with Gasteiger partial charge < -0.3 is 10.0 Å². The Labute approximate surface area is 177 Å². The molecule has 0 spiro atoms. The second kappa shape index (κ2) is 9.11. The molecule has 30 heavy (non-hydrogen) atoms. The number of aryl methyl sites for hydroxylation is 1. The number of aliphatic hydroxyl groups is 1. The Bertz CT molecular complexity index is 939. The largest absolute Gasteiger partial charge is 0.387 e. The number of halogens is 1. The van der Waals surface area contributed by atoms with Gasteiger partial charge in [0.2, 0.25) is 5.91 Å². The van der Waals surface area contributed by atoms with Crippen LogP contribution >= 0.6 is 0 Å². The molecule has 1 unspecified atom stereocenters. The van der Waals surface area contributed by atoms with Crippen LogP contribution in [0.15, 0.2) is 48.5 Å². The molecule has 1 amide bonds. The number of rotatable bonds is 5. The molecule has 4 nitrogen and oxygen atoms in total. The average Bonchev–Trinajstić information content (AvgIpc) is 2.79. The summed E-state index contributed by atoms with van der Waals surface area (Å²) in [5, 5.41) is 10.8. The third kappa shape index (κ3) is 4.47. The van der Waals surface area contributed by atoms with Gasteiger partial charge in [-0.1, -0.05) is 37.3 Å². The Balaban J connectivity index is 1.40. The lowest BCUT2D eigenvalue weighted by Crippen LogP contribution is -2.35. The highest BCUT2D eigenvalue weighted by Gasteiger charge is 2.23. The van der Waals surface area contributed by atoms with Gasteiger partial charge in [0.1, 0.15) is 5.82 Å². The summed E-state index contributed by atoms with van der Waals surface area (Å²) in [5.74, 6) is -0.0616. The molecular weight excluding hydrogens is 379 g/mol. The molecule has 2 heterocycles. The highest BCUT2D eigenvalue weighted by molar-refractivity contribution is 5.94. The van der Waals surface area contributed by atoms with Crippen LogP contribution in [-0.2, 0) is 11.2 Å². The van der Waals surface area contributed by atoms with Crippen molar-refractivity contribution in [2.45, 2.75) is 38.7 Å². The summed E-state index contributed by atoms with van der Waals surface area (Å²) < 4.78 is 13.1. The van der Waals surface area contributed by atoms with Crippen LogP contribution in [0, 0.1) is 5.82 Å². The van der Waals surface area contributed by atoms with Crippen molar-refractivity contribution in [3.8, 4) is 0 Å². The molecule has 0 bridgehead atoms. The fourth-order valence-electron chi connectivity index (χ4n) is 4.43. The fraction of sp³-hybridized carbons (Fsp3) is 0.400. The van der Waals surface area contributed by atoms with Crippen molar-refractivity contribution < 1.29 is 14.3 Å². The molecule has 158 valence electrons. The van der Waals surface area contributed by atoms with E-state index in [0.717, 1.165) is 61.3 Å². The molecule has 0 fully saturated rings. The van der Waals surface area contributed by atoms with Crippen LogP contribution < -0.4 is 4.90 Å². The molecule has 0 saturated heterocycles. The predicted molar refractivity (Wildman–Crippen MR) is 118 cm³/mol. The monoisotopic (exact) mass is 408 g/mol.